The smallest absolute Gasteiger partial charge is 0.329 e. The maximum Gasteiger partial charge on any atom is 0.416 e. The highest BCUT2D eigenvalue weighted by atomic mass is 19.4. The van der Waals surface area contributed by atoms with Crippen molar-refractivity contribution in [2.75, 3.05) is 0 Å². The highest BCUT2D eigenvalue weighted by Crippen LogP contribution is 2.32. The van der Waals surface area contributed by atoms with Crippen LogP contribution in [0.3, 0.4) is 0 Å². The normalized spacial score (nSPS) is 11.7. The minimum atomic E-state index is -4.43. The minimum Gasteiger partial charge on any atom is -0.329 e. The number of imidazole rings is 1. The number of carbonyl (C=O) groups is 1. The van der Waals surface area contributed by atoms with Crippen LogP contribution < -0.4 is 0 Å². The highest BCUT2D eigenvalue weighted by Gasteiger charge is 2.33. The average molecular weight is 415 g/mol. The molecule has 1 amide bonds. The first kappa shape index (κ1) is 21.6. The van der Waals surface area contributed by atoms with Crippen LogP contribution in [0.25, 0.3) is 0 Å². The van der Waals surface area contributed by atoms with Gasteiger partial charge in [-0.1, -0.05) is 35.9 Å². The number of benzene rings is 2. The van der Waals surface area contributed by atoms with E-state index in [2.05, 4.69) is 4.98 Å². The number of carbonyl (C=O) groups excluding carboxylic acids is 1. The molecule has 0 N–H and O–H groups in total. The molecular weight excluding hydrogens is 391 g/mol. The summed E-state index contributed by atoms with van der Waals surface area (Å²) >= 11 is 0. The Hall–Kier alpha value is -3.09. The van der Waals surface area contributed by atoms with Crippen molar-refractivity contribution in [1.29, 1.82) is 0 Å². The van der Waals surface area contributed by atoms with E-state index in [-0.39, 0.29) is 30.6 Å². The summed E-state index contributed by atoms with van der Waals surface area (Å²) in [7, 11) is 0. The van der Waals surface area contributed by atoms with Crippen LogP contribution in [0.15, 0.2) is 60.9 Å². The van der Waals surface area contributed by atoms with Gasteiger partial charge in [0.15, 0.2) is 0 Å². The van der Waals surface area contributed by atoms with Crippen LogP contribution in [0.2, 0.25) is 0 Å². The van der Waals surface area contributed by atoms with Gasteiger partial charge in [0.05, 0.1) is 12.1 Å². The van der Waals surface area contributed by atoms with Gasteiger partial charge in [-0.3, -0.25) is 4.79 Å². The van der Waals surface area contributed by atoms with E-state index in [1.54, 1.807) is 40.1 Å². The lowest BCUT2D eigenvalue weighted by Crippen LogP contribution is -2.37. The predicted molar refractivity (Wildman–Crippen MR) is 109 cm³/mol. The lowest BCUT2D eigenvalue weighted by molar-refractivity contribution is -0.138. The number of alkyl halides is 3. The lowest BCUT2D eigenvalue weighted by Gasteiger charge is -2.27. The van der Waals surface area contributed by atoms with E-state index in [4.69, 9.17) is 0 Å². The van der Waals surface area contributed by atoms with Crippen LogP contribution in [0, 0.1) is 6.92 Å². The first-order valence-corrected chi connectivity index (χ1v) is 9.69. The second-order valence-electron chi connectivity index (χ2n) is 7.52. The Bertz CT molecular complexity index is 1010. The molecule has 0 aliphatic carbocycles. The van der Waals surface area contributed by atoms with Gasteiger partial charge in [-0.25, -0.2) is 4.98 Å². The van der Waals surface area contributed by atoms with Crippen LogP contribution in [0.5, 0.6) is 0 Å². The largest absolute Gasteiger partial charge is 0.416 e. The zero-order valence-corrected chi connectivity index (χ0v) is 17.1. The molecule has 3 aromatic rings. The number of aryl methyl sites for hydroxylation is 1. The molecule has 30 heavy (non-hydrogen) atoms. The van der Waals surface area contributed by atoms with Gasteiger partial charge in [-0.2, -0.15) is 13.2 Å². The van der Waals surface area contributed by atoms with Crippen molar-refractivity contribution in [3.63, 3.8) is 0 Å². The van der Waals surface area contributed by atoms with E-state index in [1.165, 1.54) is 12.1 Å². The SMILES string of the molecule is Cc1ccc(C(=O)N(Cc2nccn2Cc2ccccc2C(F)(F)F)C(C)C)cc1. The Labute approximate surface area is 174 Å². The fourth-order valence-electron chi connectivity index (χ4n) is 3.26. The van der Waals surface area contributed by atoms with Crippen molar-refractivity contribution >= 4 is 5.91 Å². The number of nitrogens with zero attached hydrogens (tertiary/aromatic N) is 3. The van der Waals surface area contributed by atoms with Gasteiger partial charge < -0.3 is 9.47 Å². The quantitative estimate of drug-likeness (QED) is 0.547. The monoisotopic (exact) mass is 415 g/mol. The maximum absolute atomic E-state index is 13.3. The van der Waals surface area contributed by atoms with Crippen molar-refractivity contribution in [1.82, 2.24) is 14.5 Å². The van der Waals surface area contributed by atoms with E-state index in [9.17, 15) is 18.0 Å². The summed E-state index contributed by atoms with van der Waals surface area (Å²) in [6.45, 7) is 5.97. The summed E-state index contributed by atoms with van der Waals surface area (Å²) in [6, 6.07) is 12.7. The van der Waals surface area contributed by atoms with Crippen molar-refractivity contribution in [3.05, 3.63) is 89.0 Å². The van der Waals surface area contributed by atoms with E-state index in [0.717, 1.165) is 11.6 Å². The minimum absolute atomic E-state index is 0.0235. The molecule has 1 aromatic heterocycles. The standard InChI is InChI=1S/C23H24F3N3O/c1-16(2)29(22(30)18-10-8-17(3)9-11-18)15-21-27-12-13-28(21)14-19-6-4-5-7-20(19)23(24,25)26/h4-13,16H,14-15H2,1-3H3. The van der Waals surface area contributed by atoms with Crippen LogP contribution in [-0.2, 0) is 19.3 Å². The molecule has 0 aliphatic rings. The second-order valence-corrected chi connectivity index (χ2v) is 7.52. The molecule has 0 bridgehead atoms. The highest BCUT2D eigenvalue weighted by molar-refractivity contribution is 5.94. The van der Waals surface area contributed by atoms with Crippen LogP contribution >= 0.6 is 0 Å². The second kappa shape index (κ2) is 8.73. The van der Waals surface area contributed by atoms with Crippen molar-refractivity contribution in [3.8, 4) is 0 Å². The number of hydrogen-bond donors (Lipinski definition) is 0. The lowest BCUT2D eigenvalue weighted by atomic mass is 10.1. The molecule has 0 aliphatic heterocycles. The van der Waals surface area contributed by atoms with Gasteiger partial charge >= 0.3 is 6.18 Å². The van der Waals surface area contributed by atoms with E-state index in [0.29, 0.717) is 11.4 Å². The first-order chi connectivity index (χ1) is 14.2. The van der Waals surface area contributed by atoms with Gasteiger partial charge in [0.2, 0.25) is 0 Å². The Morgan fingerprint density at radius 3 is 2.40 bits per heavy atom. The summed E-state index contributed by atoms with van der Waals surface area (Å²) in [5.74, 6) is 0.386. The molecule has 0 saturated heterocycles. The number of hydrogen-bond acceptors (Lipinski definition) is 2. The molecular formula is C23H24F3N3O. The molecule has 0 saturated carbocycles. The third-order valence-electron chi connectivity index (χ3n) is 4.96. The van der Waals surface area contributed by atoms with E-state index >= 15 is 0 Å². The summed E-state index contributed by atoms with van der Waals surface area (Å²) in [4.78, 5) is 19.0. The number of aromatic nitrogens is 2. The molecule has 0 radical (unpaired) electrons. The number of rotatable bonds is 6. The van der Waals surface area contributed by atoms with Gasteiger partial charge in [0.25, 0.3) is 5.91 Å². The van der Waals surface area contributed by atoms with Gasteiger partial charge in [-0.15, -0.1) is 0 Å². The molecule has 7 heteroatoms. The van der Waals surface area contributed by atoms with Crippen molar-refractivity contribution in [2.45, 2.75) is 46.1 Å². The number of amides is 1. The molecule has 3 rings (SSSR count). The topological polar surface area (TPSA) is 38.1 Å². The van der Waals surface area contributed by atoms with Crippen molar-refractivity contribution < 1.29 is 18.0 Å². The molecule has 158 valence electrons. The summed E-state index contributed by atoms with van der Waals surface area (Å²) in [6.07, 6.45) is -1.25. The third-order valence-corrected chi connectivity index (χ3v) is 4.96. The Morgan fingerprint density at radius 2 is 1.77 bits per heavy atom. The summed E-state index contributed by atoms with van der Waals surface area (Å²) in [5.41, 5.74) is 1.11. The van der Waals surface area contributed by atoms with Crippen molar-refractivity contribution in [2.24, 2.45) is 0 Å². The number of halogens is 3. The Balaban J connectivity index is 1.85. The van der Waals surface area contributed by atoms with Crippen LogP contribution in [-0.4, -0.2) is 26.4 Å². The Kier molecular flexibility index (Phi) is 6.29. The molecule has 2 aromatic carbocycles. The molecule has 0 atom stereocenters. The molecule has 0 spiro atoms. The molecule has 4 nitrogen and oxygen atoms in total. The molecule has 0 unspecified atom stereocenters. The first-order valence-electron chi connectivity index (χ1n) is 9.69. The van der Waals surface area contributed by atoms with Crippen LogP contribution in [0.4, 0.5) is 13.2 Å². The predicted octanol–water partition coefficient (Wildman–Crippen LogP) is 5.31. The fraction of sp³-hybridized carbons (Fsp3) is 0.304. The van der Waals surface area contributed by atoms with E-state index < -0.39 is 11.7 Å². The fourth-order valence-corrected chi connectivity index (χ4v) is 3.26. The van der Waals surface area contributed by atoms with Gasteiger partial charge in [-0.05, 0) is 44.5 Å². The summed E-state index contributed by atoms with van der Waals surface area (Å²) in [5, 5.41) is 0. The molecule has 1 heterocycles. The zero-order chi connectivity index (χ0) is 21.9. The third kappa shape index (κ3) is 4.90. The maximum atomic E-state index is 13.3. The van der Waals surface area contributed by atoms with Gasteiger partial charge in [0.1, 0.15) is 5.82 Å². The van der Waals surface area contributed by atoms with Gasteiger partial charge in [0, 0.05) is 30.5 Å². The zero-order valence-electron chi connectivity index (χ0n) is 17.1. The van der Waals surface area contributed by atoms with Crippen LogP contribution in [0.1, 0.15) is 46.7 Å². The average Bonchev–Trinajstić information content (AvgIpc) is 3.12. The Morgan fingerprint density at radius 1 is 1.10 bits per heavy atom. The summed E-state index contributed by atoms with van der Waals surface area (Å²) < 4.78 is 41.7. The van der Waals surface area contributed by atoms with E-state index in [1.807, 2.05) is 32.9 Å². The molecule has 0 fully saturated rings.